The van der Waals surface area contributed by atoms with Gasteiger partial charge in [0, 0.05) is 28.2 Å². The molecule has 6 heteroatoms. The molecule has 0 radical (unpaired) electrons. The van der Waals surface area contributed by atoms with Gasteiger partial charge in [0.05, 0.1) is 11.1 Å². The highest BCUT2D eigenvalue weighted by atomic mass is 16.6. The van der Waals surface area contributed by atoms with Gasteiger partial charge in [0.1, 0.15) is 5.69 Å². The van der Waals surface area contributed by atoms with E-state index in [0.717, 1.165) is 22.2 Å². The number of rotatable bonds is 4. The van der Waals surface area contributed by atoms with Gasteiger partial charge in [-0.3, -0.25) is 15.5 Å². The summed E-state index contributed by atoms with van der Waals surface area (Å²) in [5.41, 5.74) is 6.09. The second kappa shape index (κ2) is 5.69. The van der Waals surface area contributed by atoms with Crippen LogP contribution in [0.3, 0.4) is 0 Å². The first kappa shape index (κ1) is 13.8. The van der Waals surface area contributed by atoms with Crippen LogP contribution in [0.2, 0.25) is 0 Å². The Hall–Kier alpha value is -3.15. The summed E-state index contributed by atoms with van der Waals surface area (Å²) in [4.78, 5) is 13.8. The highest BCUT2D eigenvalue weighted by molar-refractivity contribution is 6.00. The number of nitro groups is 1. The van der Waals surface area contributed by atoms with Crippen molar-refractivity contribution in [3.63, 3.8) is 0 Å². The van der Waals surface area contributed by atoms with Gasteiger partial charge in [-0.25, -0.2) is 0 Å². The standard InChI is InChI=1S/C16H14N4O2/c1-11-13(12-6-2-3-7-14(12)18-11)10-17-19-15-8-4-5-9-16(15)20(21)22/h2-10,18-19H,1H3. The molecule has 110 valence electrons. The number of nitro benzene ring substituents is 1. The van der Waals surface area contributed by atoms with Crippen molar-refractivity contribution in [3.05, 3.63) is 69.9 Å². The average molecular weight is 294 g/mol. The number of aryl methyl sites for hydroxylation is 1. The molecule has 22 heavy (non-hydrogen) atoms. The lowest BCUT2D eigenvalue weighted by Gasteiger charge is -2.01. The van der Waals surface area contributed by atoms with Crippen LogP contribution in [0.5, 0.6) is 0 Å². The Morgan fingerprint density at radius 3 is 2.73 bits per heavy atom. The molecule has 0 fully saturated rings. The molecule has 0 spiro atoms. The Bertz CT molecular complexity index is 867. The van der Waals surface area contributed by atoms with Gasteiger partial charge in [-0.05, 0) is 19.1 Å². The van der Waals surface area contributed by atoms with Crippen LogP contribution in [0, 0.1) is 17.0 Å². The third kappa shape index (κ3) is 2.54. The maximum Gasteiger partial charge on any atom is 0.294 e. The number of anilines is 1. The maximum absolute atomic E-state index is 11.0. The van der Waals surface area contributed by atoms with Gasteiger partial charge >= 0.3 is 0 Å². The van der Waals surface area contributed by atoms with Crippen LogP contribution in [-0.4, -0.2) is 16.1 Å². The van der Waals surface area contributed by atoms with Gasteiger partial charge in [-0.1, -0.05) is 30.3 Å². The van der Waals surface area contributed by atoms with Crippen molar-refractivity contribution in [3.8, 4) is 0 Å². The van der Waals surface area contributed by atoms with Gasteiger partial charge < -0.3 is 4.98 Å². The Balaban J connectivity index is 1.89. The molecule has 2 N–H and O–H groups in total. The van der Waals surface area contributed by atoms with Gasteiger partial charge in [0.15, 0.2) is 0 Å². The zero-order valence-electron chi connectivity index (χ0n) is 11.9. The van der Waals surface area contributed by atoms with Gasteiger partial charge in [0.25, 0.3) is 5.69 Å². The SMILES string of the molecule is Cc1[nH]c2ccccc2c1C=NNc1ccccc1[N+](=O)[O-]. The number of para-hydroxylation sites is 3. The molecule has 1 heterocycles. The Morgan fingerprint density at radius 2 is 1.91 bits per heavy atom. The molecule has 3 aromatic rings. The molecule has 0 saturated carbocycles. The summed E-state index contributed by atoms with van der Waals surface area (Å²) in [6.07, 6.45) is 1.67. The lowest BCUT2D eigenvalue weighted by molar-refractivity contribution is -0.384. The fraction of sp³-hybridized carbons (Fsp3) is 0.0625. The van der Waals surface area contributed by atoms with E-state index >= 15 is 0 Å². The van der Waals surface area contributed by atoms with Crippen LogP contribution < -0.4 is 5.43 Å². The maximum atomic E-state index is 11.0. The minimum absolute atomic E-state index is 0.00435. The van der Waals surface area contributed by atoms with E-state index in [2.05, 4.69) is 15.5 Å². The molecule has 0 atom stereocenters. The first-order chi connectivity index (χ1) is 10.7. The van der Waals surface area contributed by atoms with E-state index in [1.54, 1.807) is 24.4 Å². The Kier molecular flexibility index (Phi) is 3.57. The van der Waals surface area contributed by atoms with Crippen molar-refractivity contribution < 1.29 is 4.92 Å². The molecule has 0 unspecified atom stereocenters. The van der Waals surface area contributed by atoms with Crippen molar-refractivity contribution in [2.24, 2.45) is 5.10 Å². The third-order valence-electron chi connectivity index (χ3n) is 3.42. The van der Waals surface area contributed by atoms with E-state index in [-0.39, 0.29) is 5.69 Å². The monoisotopic (exact) mass is 294 g/mol. The molecule has 0 bridgehead atoms. The normalized spacial score (nSPS) is 11.1. The first-order valence-electron chi connectivity index (χ1n) is 6.76. The molecular weight excluding hydrogens is 280 g/mol. The fourth-order valence-corrected chi connectivity index (χ4v) is 2.36. The van der Waals surface area contributed by atoms with Crippen LogP contribution in [-0.2, 0) is 0 Å². The number of aromatic nitrogens is 1. The zero-order valence-corrected chi connectivity index (χ0v) is 11.9. The smallest absolute Gasteiger partial charge is 0.294 e. The second-order valence-electron chi connectivity index (χ2n) is 4.85. The first-order valence-corrected chi connectivity index (χ1v) is 6.76. The summed E-state index contributed by atoms with van der Waals surface area (Å²) in [6, 6.07) is 14.3. The lowest BCUT2D eigenvalue weighted by atomic mass is 10.1. The molecule has 3 rings (SSSR count). The predicted molar refractivity (Wildman–Crippen MR) is 87.3 cm³/mol. The molecular formula is C16H14N4O2. The number of hydrogen-bond donors (Lipinski definition) is 2. The zero-order chi connectivity index (χ0) is 15.5. The number of hydrazone groups is 1. The van der Waals surface area contributed by atoms with Gasteiger partial charge in [-0.15, -0.1) is 0 Å². The molecule has 0 saturated heterocycles. The van der Waals surface area contributed by atoms with Crippen molar-refractivity contribution in [2.75, 3.05) is 5.43 Å². The Morgan fingerprint density at radius 1 is 1.18 bits per heavy atom. The Labute approximate surface area is 126 Å². The van der Waals surface area contributed by atoms with E-state index in [1.807, 2.05) is 31.2 Å². The van der Waals surface area contributed by atoms with E-state index in [0.29, 0.717) is 5.69 Å². The average Bonchev–Trinajstić information content (AvgIpc) is 2.83. The van der Waals surface area contributed by atoms with Crippen LogP contribution in [0.4, 0.5) is 11.4 Å². The number of nitrogens with one attached hydrogen (secondary N) is 2. The lowest BCUT2D eigenvalue weighted by Crippen LogP contribution is -1.96. The van der Waals surface area contributed by atoms with Crippen molar-refractivity contribution in [1.82, 2.24) is 4.98 Å². The van der Waals surface area contributed by atoms with E-state index in [4.69, 9.17) is 0 Å². The van der Waals surface area contributed by atoms with E-state index in [1.165, 1.54) is 6.07 Å². The van der Waals surface area contributed by atoms with Crippen LogP contribution in [0.1, 0.15) is 11.3 Å². The largest absolute Gasteiger partial charge is 0.358 e. The topological polar surface area (TPSA) is 83.3 Å². The number of hydrogen-bond acceptors (Lipinski definition) is 4. The van der Waals surface area contributed by atoms with E-state index < -0.39 is 4.92 Å². The number of H-pyrrole nitrogens is 1. The van der Waals surface area contributed by atoms with E-state index in [9.17, 15) is 10.1 Å². The third-order valence-corrected chi connectivity index (χ3v) is 3.42. The molecule has 0 aliphatic carbocycles. The summed E-state index contributed by atoms with van der Waals surface area (Å²) in [5, 5.41) is 16.2. The second-order valence-corrected chi connectivity index (χ2v) is 4.85. The highest BCUT2D eigenvalue weighted by Crippen LogP contribution is 2.23. The number of benzene rings is 2. The summed E-state index contributed by atoms with van der Waals surface area (Å²) in [7, 11) is 0. The van der Waals surface area contributed by atoms with Crippen molar-refractivity contribution in [2.45, 2.75) is 6.92 Å². The molecule has 0 aliphatic heterocycles. The summed E-state index contributed by atoms with van der Waals surface area (Å²) in [5.74, 6) is 0. The predicted octanol–water partition coefficient (Wildman–Crippen LogP) is 3.83. The van der Waals surface area contributed by atoms with Crippen LogP contribution in [0.15, 0.2) is 53.6 Å². The fourth-order valence-electron chi connectivity index (χ4n) is 2.36. The van der Waals surface area contributed by atoms with Gasteiger partial charge in [0.2, 0.25) is 0 Å². The van der Waals surface area contributed by atoms with Gasteiger partial charge in [-0.2, -0.15) is 5.10 Å². The number of nitrogens with zero attached hydrogens (tertiary/aromatic N) is 2. The van der Waals surface area contributed by atoms with Crippen LogP contribution in [0.25, 0.3) is 10.9 Å². The molecule has 6 nitrogen and oxygen atoms in total. The molecule has 1 aromatic heterocycles. The quantitative estimate of drug-likeness (QED) is 0.436. The minimum Gasteiger partial charge on any atom is -0.358 e. The number of aromatic amines is 1. The van der Waals surface area contributed by atoms with Crippen molar-refractivity contribution in [1.29, 1.82) is 0 Å². The summed E-state index contributed by atoms with van der Waals surface area (Å²) >= 11 is 0. The molecule has 2 aromatic carbocycles. The number of fused-ring (bicyclic) bond motifs is 1. The summed E-state index contributed by atoms with van der Waals surface area (Å²) < 4.78 is 0. The molecule has 0 amide bonds. The molecule has 0 aliphatic rings. The summed E-state index contributed by atoms with van der Waals surface area (Å²) in [6.45, 7) is 1.96. The highest BCUT2D eigenvalue weighted by Gasteiger charge is 2.11. The minimum atomic E-state index is -0.436. The van der Waals surface area contributed by atoms with Crippen molar-refractivity contribution >= 4 is 28.5 Å². The van der Waals surface area contributed by atoms with Crippen LogP contribution >= 0.6 is 0 Å².